The van der Waals surface area contributed by atoms with Gasteiger partial charge in [0, 0.05) is 25.8 Å². The average Bonchev–Trinajstić information content (AvgIpc) is 2.62. The Kier molecular flexibility index (Phi) is 7.00. The van der Waals surface area contributed by atoms with Crippen molar-refractivity contribution in [2.45, 2.75) is 26.3 Å². The molecule has 0 saturated carbocycles. The smallest absolute Gasteiger partial charge is 0.308 e. The normalized spacial score (nSPS) is 17.0. The molecule has 2 amide bonds. The highest BCUT2D eigenvalue weighted by Gasteiger charge is 2.35. The summed E-state index contributed by atoms with van der Waals surface area (Å²) in [5, 5.41) is 2.72. The lowest BCUT2D eigenvalue weighted by molar-refractivity contribution is -0.152. The van der Waals surface area contributed by atoms with Gasteiger partial charge in [0.15, 0.2) is 0 Å². The Morgan fingerprint density at radius 2 is 2.00 bits per heavy atom. The van der Waals surface area contributed by atoms with E-state index < -0.39 is 12.0 Å². The Morgan fingerprint density at radius 3 is 2.65 bits per heavy atom. The van der Waals surface area contributed by atoms with Crippen LogP contribution in [-0.4, -0.2) is 62.0 Å². The topological polar surface area (TPSA) is 79.0 Å². The van der Waals surface area contributed by atoms with Gasteiger partial charge in [0.25, 0.3) is 0 Å². The van der Waals surface area contributed by atoms with Gasteiger partial charge in [0.1, 0.15) is 6.04 Å². The third-order valence-electron chi connectivity index (χ3n) is 4.16. The van der Waals surface area contributed by atoms with Crippen molar-refractivity contribution in [1.82, 2.24) is 10.2 Å². The summed E-state index contributed by atoms with van der Waals surface area (Å²) in [4.78, 5) is 40.3. The third kappa shape index (κ3) is 5.47. The first-order valence-corrected chi connectivity index (χ1v) is 8.87. The zero-order chi connectivity index (χ0) is 19.1. The number of amides is 2. The molecule has 7 heteroatoms. The lowest BCUT2D eigenvalue weighted by Crippen LogP contribution is -2.59. The molecule has 0 bridgehead atoms. The number of benzene rings is 1. The van der Waals surface area contributed by atoms with Crippen LogP contribution in [0.4, 0.5) is 5.69 Å². The van der Waals surface area contributed by atoms with Crippen LogP contribution in [0.15, 0.2) is 30.3 Å². The minimum atomic E-state index is -0.819. The van der Waals surface area contributed by atoms with Gasteiger partial charge in [-0.15, -0.1) is 0 Å². The summed E-state index contributed by atoms with van der Waals surface area (Å²) in [7, 11) is 1.82. The average molecular weight is 361 g/mol. The number of hydrogen-bond donors (Lipinski definition) is 1. The predicted octanol–water partition coefficient (Wildman–Crippen LogP) is 1.04. The van der Waals surface area contributed by atoms with E-state index in [4.69, 9.17) is 4.74 Å². The van der Waals surface area contributed by atoms with Gasteiger partial charge in [0.05, 0.1) is 19.6 Å². The number of carbonyl (C=O) groups is 3. The van der Waals surface area contributed by atoms with Gasteiger partial charge in [0.2, 0.25) is 11.8 Å². The fourth-order valence-corrected chi connectivity index (χ4v) is 2.76. The molecule has 26 heavy (non-hydrogen) atoms. The van der Waals surface area contributed by atoms with Crippen LogP contribution < -0.4 is 10.2 Å². The van der Waals surface area contributed by atoms with Crippen molar-refractivity contribution in [3.8, 4) is 0 Å². The van der Waals surface area contributed by atoms with Gasteiger partial charge in [-0.3, -0.25) is 14.4 Å². The van der Waals surface area contributed by atoms with Crippen molar-refractivity contribution in [3.05, 3.63) is 30.3 Å². The lowest BCUT2D eigenvalue weighted by atomic mass is 10.1. The maximum atomic E-state index is 12.7. The van der Waals surface area contributed by atoms with E-state index in [-0.39, 0.29) is 30.7 Å². The monoisotopic (exact) mass is 361 g/mol. The van der Waals surface area contributed by atoms with Crippen LogP contribution in [0.2, 0.25) is 0 Å². The maximum absolute atomic E-state index is 12.7. The van der Waals surface area contributed by atoms with E-state index in [0.717, 1.165) is 5.69 Å². The quantitative estimate of drug-likeness (QED) is 0.734. The molecule has 0 aromatic heterocycles. The Hall–Kier alpha value is -2.57. The molecule has 0 radical (unpaired) electrons. The van der Waals surface area contributed by atoms with Crippen LogP contribution in [0.1, 0.15) is 20.3 Å². The second-order valence-corrected chi connectivity index (χ2v) is 6.87. The standard InChI is InChI=1S/C19H27N3O4/c1-14(2)13-26-18(24)11-16-19(25)20-9-10-22(16)17(23)12-21(3)15-7-5-4-6-8-15/h4-8,14,16H,9-13H2,1-3H3,(H,20,25). The molecule has 7 nitrogen and oxygen atoms in total. The Bertz CT molecular complexity index is 633. The van der Waals surface area contributed by atoms with E-state index in [9.17, 15) is 14.4 Å². The fraction of sp³-hybridized carbons (Fsp3) is 0.526. The number of nitrogens with one attached hydrogen (secondary N) is 1. The number of anilines is 1. The largest absolute Gasteiger partial charge is 0.465 e. The van der Waals surface area contributed by atoms with E-state index in [2.05, 4.69) is 5.32 Å². The van der Waals surface area contributed by atoms with Gasteiger partial charge in [-0.05, 0) is 18.1 Å². The zero-order valence-electron chi connectivity index (χ0n) is 15.6. The maximum Gasteiger partial charge on any atom is 0.308 e. The molecule has 1 aliphatic heterocycles. The molecule has 1 fully saturated rings. The van der Waals surface area contributed by atoms with Crippen LogP contribution in [0.3, 0.4) is 0 Å². The molecule has 1 saturated heterocycles. The minimum absolute atomic E-state index is 0.126. The number of ether oxygens (including phenoxy) is 1. The predicted molar refractivity (Wildman–Crippen MR) is 98.6 cm³/mol. The van der Waals surface area contributed by atoms with Crippen molar-refractivity contribution in [2.24, 2.45) is 5.92 Å². The molecule has 1 aromatic rings. The number of esters is 1. The summed E-state index contributed by atoms with van der Waals surface area (Å²) in [5.74, 6) is -0.743. The van der Waals surface area contributed by atoms with Crippen LogP contribution in [0.25, 0.3) is 0 Å². The van der Waals surface area contributed by atoms with Gasteiger partial charge in [-0.1, -0.05) is 32.0 Å². The van der Waals surface area contributed by atoms with E-state index in [0.29, 0.717) is 19.7 Å². The van der Waals surface area contributed by atoms with Crippen LogP contribution in [-0.2, 0) is 19.1 Å². The van der Waals surface area contributed by atoms with Gasteiger partial charge < -0.3 is 19.9 Å². The number of para-hydroxylation sites is 1. The third-order valence-corrected chi connectivity index (χ3v) is 4.16. The van der Waals surface area contributed by atoms with E-state index >= 15 is 0 Å². The molecular weight excluding hydrogens is 334 g/mol. The molecule has 0 spiro atoms. The highest BCUT2D eigenvalue weighted by molar-refractivity contribution is 5.93. The summed E-state index contributed by atoms with van der Waals surface area (Å²) >= 11 is 0. The molecule has 1 atom stereocenters. The molecule has 0 aliphatic carbocycles. The first-order chi connectivity index (χ1) is 12.4. The molecule has 2 rings (SSSR count). The number of rotatable bonds is 7. The SMILES string of the molecule is CC(C)COC(=O)CC1C(=O)NCCN1C(=O)CN(C)c1ccccc1. The summed E-state index contributed by atoms with van der Waals surface area (Å²) < 4.78 is 5.17. The van der Waals surface area contributed by atoms with E-state index in [1.54, 1.807) is 0 Å². The Labute approximate surface area is 154 Å². The van der Waals surface area contributed by atoms with Crippen molar-refractivity contribution < 1.29 is 19.1 Å². The highest BCUT2D eigenvalue weighted by Crippen LogP contribution is 2.14. The van der Waals surface area contributed by atoms with Crippen molar-refractivity contribution in [1.29, 1.82) is 0 Å². The van der Waals surface area contributed by atoms with Gasteiger partial charge in [-0.25, -0.2) is 0 Å². The summed E-state index contributed by atoms with van der Waals surface area (Å²) in [6.07, 6.45) is -0.126. The van der Waals surface area contributed by atoms with Crippen molar-refractivity contribution in [3.63, 3.8) is 0 Å². The Balaban J connectivity index is 2.00. The van der Waals surface area contributed by atoms with Gasteiger partial charge in [-0.2, -0.15) is 0 Å². The molecule has 1 heterocycles. The van der Waals surface area contributed by atoms with E-state index in [1.807, 2.05) is 56.1 Å². The van der Waals surface area contributed by atoms with Gasteiger partial charge >= 0.3 is 5.97 Å². The fourth-order valence-electron chi connectivity index (χ4n) is 2.76. The first kappa shape index (κ1) is 19.8. The lowest BCUT2D eigenvalue weighted by Gasteiger charge is -2.35. The molecule has 1 aliphatic rings. The van der Waals surface area contributed by atoms with Crippen LogP contribution in [0.5, 0.6) is 0 Å². The summed E-state index contributed by atoms with van der Waals surface area (Å²) in [6.45, 7) is 5.09. The molecule has 1 unspecified atom stereocenters. The van der Waals surface area contributed by atoms with Crippen LogP contribution in [0, 0.1) is 5.92 Å². The second kappa shape index (κ2) is 9.22. The van der Waals surface area contributed by atoms with Crippen LogP contribution >= 0.6 is 0 Å². The number of hydrogen-bond acceptors (Lipinski definition) is 5. The minimum Gasteiger partial charge on any atom is -0.465 e. The second-order valence-electron chi connectivity index (χ2n) is 6.87. The highest BCUT2D eigenvalue weighted by atomic mass is 16.5. The summed E-state index contributed by atoms with van der Waals surface area (Å²) in [5.41, 5.74) is 0.912. The molecule has 1 aromatic carbocycles. The molecule has 1 N–H and O–H groups in total. The molecule has 142 valence electrons. The number of nitrogens with zero attached hydrogens (tertiary/aromatic N) is 2. The van der Waals surface area contributed by atoms with Crippen molar-refractivity contribution in [2.75, 3.05) is 38.2 Å². The summed E-state index contributed by atoms with van der Waals surface area (Å²) in [6, 6.07) is 8.72. The molecular formula is C19H27N3O4. The number of piperazine rings is 1. The van der Waals surface area contributed by atoms with Crippen molar-refractivity contribution >= 4 is 23.5 Å². The van der Waals surface area contributed by atoms with E-state index in [1.165, 1.54) is 4.90 Å². The number of likely N-dealkylation sites (N-methyl/N-ethyl adjacent to an activating group) is 1. The Morgan fingerprint density at radius 1 is 1.31 bits per heavy atom. The zero-order valence-corrected chi connectivity index (χ0v) is 15.6. The first-order valence-electron chi connectivity index (χ1n) is 8.87. The number of carbonyl (C=O) groups excluding carboxylic acids is 3.